The van der Waals surface area contributed by atoms with Crippen molar-refractivity contribution in [3.8, 4) is 11.1 Å². The van der Waals surface area contributed by atoms with Crippen molar-refractivity contribution in [3.63, 3.8) is 0 Å². The van der Waals surface area contributed by atoms with Gasteiger partial charge in [0.15, 0.2) is 4.90 Å². The van der Waals surface area contributed by atoms with Crippen molar-refractivity contribution in [1.29, 1.82) is 0 Å². The number of carbonyl (C=O) groups is 1. The largest absolute Gasteiger partial charge is 0.462 e. The summed E-state index contributed by atoms with van der Waals surface area (Å²) in [5, 5.41) is 22.2. The molecule has 0 saturated heterocycles. The summed E-state index contributed by atoms with van der Waals surface area (Å²) in [6, 6.07) is 10.2. The van der Waals surface area contributed by atoms with Gasteiger partial charge in [0.2, 0.25) is 0 Å². The second-order valence-electron chi connectivity index (χ2n) is 6.59. The number of nitro benzene ring substituents is 2. The Morgan fingerprint density at radius 3 is 2.27 bits per heavy atom. The van der Waals surface area contributed by atoms with Gasteiger partial charge in [-0.3, -0.25) is 25.0 Å². The first-order valence-electron chi connectivity index (χ1n) is 9.38. The number of non-ortho nitro benzene ring substituents is 1. The molecular formula is C20H17N3O8S2. The number of ether oxygens (including phenoxy) is 1. The molecule has 1 aromatic heterocycles. The van der Waals surface area contributed by atoms with Crippen molar-refractivity contribution in [1.82, 2.24) is 0 Å². The molecule has 0 bridgehead atoms. The summed E-state index contributed by atoms with van der Waals surface area (Å²) < 4.78 is 33.4. The van der Waals surface area contributed by atoms with Crippen molar-refractivity contribution < 1.29 is 27.8 Å². The number of rotatable bonds is 8. The lowest BCUT2D eigenvalue weighted by Crippen LogP contribution is -2.16. The average molecular weight is 492 g/mol. The summed E-state index contributed by atoms with van der Waals surface area (Å²) in [5.74, 6) is -0.810. The van der Waals surface area contributed by atoms with Gasteiger partial charge in [0.1, 0.15) is 10.6 Å². The van der Waals surface area contributed by atoms with Crippen LogP contribution in [-0.2, 0) is 14.8 Å². The van der Waals surface area contributed by atoms with Gasteiger partial charge in [-0.05, 0) is 37.6 Å². The number of para-hydroxylation sites is 1. The zero-order chi connectivity index (χ0) is 24.3. The van der Waals surface area contributed by atoms with E-state index in [0.29, 0.717) is 16.0 Å². The van der Waals surface area contributed by atoms with Crippen molar-refractivity contribution in [2.75, 3.05) is 11.3 Å². The minimum Gasteiger partial charge on any atom is -0.462 e. The van der Waals surface area contributed by atoms with Crippen LogP contribution in [0.25, 0.3) is 11.1 Å². The molecule has 2 aromatic carbocycles. The summed E-state index contributed by atoms with van der Waals surface area (Å²) in [6.07, 6.45) is 0. The Labute approximate surface area is 192 Å². The summed E-state index contributed by atoms with van der Waals surface area (Å²) in [7, 11) is -4.44. The third-order valence-electron chi connectivity index (χ3n) is 4.51. The highest BCUT2D eigenvalue weighted by Gasteiger charge is 2.30. The van der Waals surface area contributed by atoms with Gasteiger partial charge >= 0.3 is 5.97 Å². The summed E-state index contributed by atoms with van der Waals surface area (Å²) in [5.41, 5.74) is -0.0781. The molecule has 0 unspecified atom stereocenters. The van der Waals surface area contributed by atoms with Gasteiger partial charge in [0.05, 0.1) is 16.5 Å². The Hall–Kier alpha value is -3.84. The Kier molecular flexibility index (Phi) is 6.74. The molecule has 172 valence electrons. The first kappa shape index (κ1) is 23.8. The predicted octanol–water partition coefficient (Wildman–Crippen LogP) is 4.52. The molecule has 1 N–H and O–H groups in total. The number of hydrogen-bond acceptors (Lipinski definition) is 9. The van der Waals surface area contributed by atoms with E-state index in [-0.39, 0.29) is 22.9 Å². The van der Waals surface area contributed by atoms with E-state index in [1.165, 1.54) is 36.4 Å². The molecule has 0 fully saturated rings. The van der Waals surface area contributed by atoms with Crippen LogP contribution in [0.1, 0.15) is 22.2 Å². The van der Waals surface area contributed by atoms with Gasteiger partial charge in [-0.2, -0.15) is 0 Å². The monoisotopic (exact) mass is 491 g/mol. The molecule has 13 heteroatoms. The smallest absolute Gasteiger partial charge is 0.341 e. The van der Waals surface area contributed by atoms with Crippen LogP contribution >= 0.6 is 11.3 Å². The van der Waals surface area contributed by atoms with E-state index < -0.39 is 36.4 Å². The Morgan fingerprint density at radius 2 is 1.70 bits per heavy atom. The summed E-state index contributed by atoms with van der Waals surface area (Å²) in [6.45, 7) is 3.25. The molecule has 0 aliphatic heterocycles. The van der Waals surface area contributed by atoms with Crippen LogP contribution < -0.4 is 4.72 Å². The standard InChI is InChI=1S/C20H17N3O8S2/c1-3-31-20(24)18-17(13-8-10-14(11-9-13)22(25)26)12(2)32-19(18)21-33(29,30)16-7-5-4-6-15(16)23(27)28/h4-11,21H,3H2,1-2H3. The van der Waals surface area contributed by atoms with Crippen LogP contribution in [0.5, 0.6) is 0 Å². The van der Waals surface area contributed by atoms with Crippen LogP contribution in [0.4, 0.5) is 16.4 Å². The molecular weight excluding hydrogens is 474 g/mol. The lowest BCUT2D eigenvalue weighted by molar-refractivity contribution is -0.387. The van der Waals surface area contributed by atoms with Crippen molar-refractivity contribution in [2.45, 2.75) is 18.7 Å². The van der Waals surface area contributed by atoms with Crippen molar-refractivity contribution >= 4 is 43.7 Å². The molecule has 33 heavy (non-hydrogen) atoms. The normalized spacial score (nSPS) is 11.1. The molecule has 0 saturated carbocycles. The fraction of sp³-hybridized carbons (Fsp3) is 0.150. The predicted molar refractivity (Wildman–Crippen MR) is 121 cm³/mol. The van der Waals surface area contributed by atoms with Crippen LogP contribution in [0.15, 0.2) is 53.4 Å². The number of benzene rings is 2. The number of nitrogens with one attached hydrogen (secondary N) is 1. The molecule has 0 atom stereocenters. The second kappa shape index (κ2) is 9.34. The average Bonchev–Trinajstić information content (AvgIpc) is 3.08. The van der Waals surface area contributed by atoms with Gasteiger partial charge in [0.25, 0.3) is 21.4 Å². The first-order chi connectivity index (χ1) is 15.6. The number of hydrogen-bond donors (Lipinski definition) is 1. The van der Waals surface area contributed by atoms with E-state index in [9.17, 15) is 33.4 Å². The van der Waals surface area contributed by atoms with E-state index >= 15 is 0 Å². The van der Waals surface area contributed by atoms with Gasteiger partial charge in [-0.1, -0.05) is 12.1 Å². The maximum Gasteiger partial charge on any atom is 0.341 e. The van der Waals surface area contributed by atoms with Crippen LogP contribution in [-0.4, -0.2) is 30.8 Å². The van der Waals surface area contributed by atoms with Gasteiger partial charge in [-0.25, -0.2) is 13.2 Å². The highest BCUT2D eigenvalue weighted by Crippen LogP contribution is 2.42. The minimum absolute atomic E-state index is 0.0176. The molecule has 3 rings (SSSR count). The maximum atomic E-state index is 13.0. The number of nitro groups is 2. The molecule has 0 amide bonds. The van der Waals surface area contributed by atoms with Gasteiger partial charge < -0.3 is 4.74 Å². The molecule has 3 aromatic rings. The Balaban J connectivity index is 2.15. The first-order valence-corrected chi connectivity index (χ1v) is 11.7. The fourth-order valence-electron chi connectivity index (χ4n) is 3.12. The maximum absolute atomic E-state index is 13.0. The number of sulfonamides is 1. The van der Waals surface area contributed by atoms with Gasteiger partial charge in [0, 0.05) is 28.6 Å². The van der Waals surface area contributed by atoms with Crippen molar-refractivity contribution in [3.05, 3.63) is 79.2 Å². The fourth-order valence-corrected chi connectivity index (χ4v) is 5.67. The number of thiophene rings is 1. The van der Waals surface area contributed by atoms with Crippen LogP contribution in [0.2, 0.25) is 0 Å². The van der Waals surface area contributed by atoms with Crippen LogP contribution in [0, 0.1) is 27.2 Å². The van der Waals surface area contributed by atoms with E-state index in [4.69, 9.17) is 4.74 Å². The second-order valence-corrected chi connectivity index (χ2v) is 9.47. The minimum atomic E-state index is -4.44. The zero-order valence-corrected chi connectivity index (χ0v) is 18.9. The third-order valence-corrected chi connectivity index (χ3v) is 7.06. The van der Waals surface area contributed by atoms with Gasteiger partial charge in [-0.15, -0.1) is 11.3 Å². The molecule has 1 heterocycles. The quantitative estimate of drug-likeness (QED) is 0.273. The van der Waals surface area contributed by atoms with Crippen LogP contribution in [0.3, 0.4) is 0 Å². The molecule has 0 aliphatic carbocycles. The Bertz CT molecular complexity index is 1350. The number of esters is 1. The number of aryl methyl sites for hydroxylation is 1. The highest BCUT2D eigenvalue weighted by molar-refractivity contribution is 7.93. The third kappa shape index (κ3) is 4.83. The number of nitrogens with zero attached hydrogens (tertiary/aromatic N) is 2. The molecule has 0 spiro atoms. The molecule has 0 radical (unpaired) electrons. The van der Waals surface area contributed by atoms with E-state index in [1.54, 1.807) is 13.8 Å². The summed E-state index contributed by atoms with van der Waals surface area (Å²) in [4.78, 5) is 33.6. The highest BCUT2D eigenvalue weighted by atomic mass is 32.2. The lowest BCUT2D eigenvalue weighted by Gasteiger charge is -2.10. The lowest BCUT2D eigenvalue weighted by atomic mass is 10.0. The molecule has 0 aliphatic rings. The van der Waals surface area contributed by atoms with Crippen molar-refractivity contribution in [2.24, 2.45) is 0 Å². The van der Waals surface area contributed by atoms with E-state index in [2.05, 4.69) is 4.72 Å². The van der Waals surface area contributed by atoms with E-state index in [1.807, 2.05) is 0 Å². The zero-order valence-electron chi connectivity index (χ0n) is 17.3. The SMILES string of the molecule is CCOC(=O)c1c(NS(=O)(=O)c2ccccc2[N+](=O)[O-])sc(C)c1-c1ccc([N+](=O)[O-])cc1. The summed E-state index contributed by atoms with van der Waals surface area (Å²) >= 11 is 0.941. The van der Waals surface area contributed by atoms with E-state index in [0.717, 1.165) is 23.5 Å². The molecule has 11 nitrogen and oxygen atoms in total. The topological polar surface area (TPSA) is 159 Å². The number of carbonyl (C=O) groups excluding carboxylic acids is 1. The Morgan fingerprint density at radius 1 is 1.06 bits per heavy atom. The number of anilines is 1.